The number of carbonyl (C=O) groups excluding carboxylic acids is 1. The molecule has 0 fully saturated rings. The third-order valence-corrected chi connectivity index (χ3v) is 3.48. The lowest BCUT2D eigenvalue weighted by Gasteiger charge is -2.08. The summed E-state index contributed by atoms with van der Waals surface area (Å²) in [5, 5.41) is 9.76. The second-order valence-electron chi connectivity index (χ2n) is 4.57. The zero-order chi connectivity index (χ0) is 13.6. The molecule has 1 aromatic heterocycles. The SMILES string of the molecule is COC(=O)C1CCc2c1oc1ccc(O)cc1c2=O. The van der Waals surface area contributed by atoms with Crippen LogP contribution in [0.2, 0.25) is 0 Å². The Morgan fingerprint density at radius 1 is 1.47 bits per heavy atom. The van der Waals surface area contributed by atoms with E-state index < -0.39 is 5.92 Å². The quantitative estimate of drug-likeness (QED) is 0.790. The standard InChI is InChI=1S/C14H12O5/c1-18-14(17)9-4-3-8-12(16)10-6-7(15)2-5-11(10)19-13(8)9/h2,5-6,9,15H,3-4H2,1H3. The Hall–Kier alpha value is -2.30. The van der Waals surface area contributed by atoms with Gasteiger partial charge in [-0.05, 0) is 31.0 Å². The number of rotatable bonds is 1. The summed E-state index contributed by atoms with van der Waals surface area (Å²) in [5.74, 6) is -0.483. The molecule has 1 unspecified atom stereocenters. The number of phenolic OH excluding ortho intramolecular Hbond substituents is 1. The number of hydrogen-bond acceptors (Lipinski definition) is 5. The Labute approximate surface area is 108 Å². The number of fused-ring (bicyclic) bond motifs is 2. The first-order valence-electron chi connectivity index (χ1n) is 5.98. The lowest BCUT2D eigenvalue weighted by atomic mass is 10.1. The minimum absolute atomic E-state index is 0.0160. The van der Waals surface area contributed by atoms with Crippen molar-refractivity contribution >= 4 is 16.9 Å². The highest BCUT2D eigenvalue weighted by atomic mass is 16.5. The van der Waals surface area contributed by atoms with Crippen LogP contribution in [-0.2, 0) is 16.0 Å². The van der Waals surface area contributed by atoms with Crippen LogP contribution in [0.25, 0.3) is 11.0 Å². The van der Waals surface area contributed by atoms with Gasteiger partial charge in [0.25, 0.3) is 0 Å². The zero-order valence-corrected chi connectivity index (χ0v) is 10.3. The molecule has 98 valence electrons. The first-order valence-corrected chi connectivity index (χ1v) is 5.98. The molecule has 5 nitrogen and oxygen atoms in total. The van der Waals surface area contributed by atoms with E-state index in [-0.39, 0.29) is 17.1 Å². The second-order valence-corrected chi connectivity index (χ2v) is 4.57. The van der Waals surface area contributed by atoms with Crippen molar-refractivity contribution in [3.63, 3.8) is 0 Å². The van der Waals surface area contributed by atoms with Crippen LogP contribution in [0.3, 0.4) is 0 Å². The van der Waals surface area contributed by atoms with Gasteiger partial charge in [0.2, 0.25) is 0 Å². The highest BCUT2D eigenvalue weighted by molar-refractivity contribution is 5.82. The van der Waals surface area contributed by atoms with E-state index in [1.807, 2.05) is 0 Å². The summed E-state index contributed by atoms with van der Waals surface area (Å²) >= 11 is 0. The van der Waals surface area contributed by atoms with Gasteiger partial charge < -0.3 is 14.3 Å². The van der Waals surface area contributed by atoms with Crippen LogP contribution in [-0.4, -0.2) is 18.2 Å². The van der Waals surface area contributed by atoms with E-state index in [2.05, 4.69) is 0 Å². The number of esters is 1. The maximum absolute atomic E-state index is 12.3. The van der Waals surface area contributed by atoms with Gasteiger partial charge in [-0.1, -0.05) is 0 Å². The second kappa shape index (κ2) is 4.12. The van der Waals surface area contributed by atoms with E-state index in [0.29, 0.717) is 35.1 Å². The number of hydrogen-bond donors (Lipinski definition) is 1. The minimum Gasteiger partial charge on any atom is -0.508 e. The Balaban J connectivity index is 2.27. The average molecular weight is 260 g/mol. The number of aromatic hydroxyl groups is 1. The summed E-state index contributed by atoms with van der Waals surface area (Å²) in [7, 11) is 1.32. The van der Waals surface area contributed by atoms with Crippen LogP contribution in [0.1, 0.15) is 23.7 Å². The van der Waals surface area contributed by atoms with E-state index in [1.54, 1.807) is 0 Å². The number of methoxy groups -OCH3 is 1. The zero-order valence-electron chi connectivity index (χ0n) is 10.3. The van der Waals surface area contributed by atoms with E-state index in [4.69, 9.17) is 9.15 Å². The first-order chi connectivity index (χ1) is 9.11. The van der Waals surface area contributed by atoms with Crippen LogP contribution < -0.4 is 5.43 Å². The molecule has 5 heteroatoms. The van der Waals surface area contributed by atoms with Gasteiger partial charge >= 0.3 is 5.97 Å². The summed E-state index contributed by atoms with van der Waals surface area (Å²) in [6, 6.07) is 4.35. The van der Waals surface area contributed by atoms with Crippen molar-refractivity contribution in [1.29, 1.82) is 0 Å². The van der Waals surface area contributed by atoms with Crippen molar-refractivity contribution < 1.29 is 19.1 Å². The fourth-order valence-electron chi connectivity index (χ4n) is 2.54. The van der Waals surface area contributed by atoms with Crippen LogP contribution in [0.4, 0.5) is 0 Å². The monoisotopic (exact) mass is 260 g/mol. The minimum atomic E-state index is -0.508. The molecule has 1 aromatic carbocycles. The van der Waals surface area contributed by atoms with Gasteiger partial charge in [-0.3, -0.25) is 9.59 Å². The molecule has 1 aliphatic carbocycles. The molecule has 1 N–H and O–H groups in total. The van der Waals surface area contributed by atoms with Crippen molar-refractivity contribution in [3.8, 4) is 5.75 Å². The third kappa shape index (κ3) is 1.69. The van der Waals surface area contributed by atoms with Crippen molar-refractivity contribution in [2.45, 2.75) is 18.8 Å². The van der Waals surface area contributed by atoms with Crippen LogP contribution in [0.5, 0.6) is 5.75 Å². The van der Waals surface area contributed by atoms with E-state index in [9.17, 15) is 14.7 Å². The van der Waals surface area contributed by atoms with Crippen LogP contribution in [0.15, 0.2) is 27.4 Å². The predicted octanol–water partition coefficient (Wildman–Crippen LogP) is 1.70. The number of carbonyl (C=O) groups is 1. The molecule has 0 radical (unpaired) electrons. The van der Waals surface area contributed by atoms with Crippen molar-refractivity contribution in [2.24, 2.45) is 0 Å². The Morgan fingerprint density at radius 2 is 2.26 bits per heavy atom. The van der Waals surface area contributed by atoms with Gasteiger partial charge in [0.05, 0.1) is 12.5 Å². The molecule has 0 saturated heterocycles. The lowest BCUT2D eigenvalue weighted by Crippen LogP contribution is -2.13. The summed E-state index contributed by atoms with van der Waals surface area (Å²) < 4.78 is 10.4. The van der Waals surface area contributed by atoms with Gasteiger partial charge in [0.15, 0.2) is 5.43 Å². The molecule has 0 spiro atoms. The third-order valence-electron chi connectivity index (χ3n) is 3.48. The molecule has 0 bridgehead atoms. The number of ether oxygens (including phenoxy) is 1. The molecular formula is C14H12O5. The van der Waals surface area contributed by atoms with Gasteiger partial charge in [-0.2, -0.15) is 0 Å². The lowest BCUT2D eigenvalue weighted by molar-refractivity contribution is -0.142. The fourth-order valence-corrected chi connectivity index (χ4v) is 2.54. The topological polar surface area (TPSA) is 76.7 Å². The summed E-state index contributed by atoms with van der Waals surface area (Å²) in [6.07, 6.45) is 1.01. The average Bonchev–Trinajstić information content (AvgIpc) is 2.83. The van der Waals surface area contributed by atoms with Gasteiger partial charge in [0.1, 0.15) is 23.0 Å². The normalized spacial score (nSPS) is 17.4. The highest BCUT2D eigenvalue weighted by Gasteiger charge is 2.34. The maximum Gasteiger partial charge on any atom is 0.316 e. The number of phenols is 1. The summed E-state index contributed by atoms with van der Waals surface area (Å²) in [6.45, 7) is 0. The van der Waals surface area contributed by atoms with Crippen molar-refractivity contribution in [3.05, 3.63) is 39.7 Å². The molecule has 1 aliphatic rings. The molecule has 1 heterocycles. The van der Waals surface area contributed by atoms with Crippen molar-refractivity contribution in [1.82, 2.24) is 0 Å². The molecule has 0 saturated carbocycles. The summed E-state index contributed by atoms with van der Waals surface area (Å²) in [5.41, 5.74) is 0.699. The number of benzene rings is 1. The molecular weight excluding hydrogens is 248 g/mol. The van der Waals surface area contributed by atoms with Gasteiger partial charge in [-0.15, -0.1) is 0 Å². The Morgan fingerprint density at radius 3 is 3.00 bits per heavy atom. The molecule has 19 heavy (non-hydrogen) atoms. The molecule has 1 atom stereocenters. The van der Waals surface area contributed by atoms with Crippen molar-refractivity contribution in [2.75, 3.05) is 7.11 Å². The molecule has 0 aliphatic heterocycles. The smallest absolute Gasteiger partial charge is 0.316 e. The first kappa shape index (κ1) is 11.8. The fraction of sp³-hybridized carbons (Fsp3) is 0.286. The van der Waals surface area contributed by atoms with Gasteiger partial charge in [0, 0.05) is 5.56 Å². The van der Waals surface area contributed by atoms with Crippen LogP contribution in [0, 0.1) is 0 Å². The largest absolute Gasteiger partial charge is 0.508 e. The Kier molecular flexibility index (Phi) is 2.55. The van der Waals surface area contributed by atoms with Gasteiger partial charge in [-0.25, -0.2) is 0 Å². The van der Waals surface area contributed by atoms with E-state index in [1.165, 1.54) is 25.3 Å². The van der Waals surface area contributed by atoms with E-state index in [0.717, 1.165) is 0 Å². The van der Waals surface area contributed by atoms with E-state index >= 15 is 0 Å². The predicted molar refractivity (Wildman–Crippen MR) is 67.2 cm³/mol. The summed E-state index contributed by atoms with van der Waals surface area (Å²) in [4.78, 5) is 24.0. The molecule has 2 aromatic rings. The van der Waals surface area contributed by atoms with Crippen LogP contribution >= 0.6 is 0 Å². The highest BCUT2D eigenvalue weighted by Crippen LogP contribution is 2.34. The maximum atomic E-state index is 12.3. The molecule has 0 amide bonds. The Bertz CT molecular complexity index is 728. The molecule has 3 rings (SSSR count).